The average Bonchev–Trinajstić information content (AvgIpc) is 3.52. The Morgan fingerprint density at radius 2 is 2.00 bits per heavy atom. The second-order valence-corrected chi connectivity index (χ2v) is 7.69. The highest BCUT2D eigenvalue weighted by molar-refractivity contribution is 5.80. The Morgan fingerprint density at radius 3 is 2.77 bits per heavy atom. The highest BCUT2D eigenvalue weighted by Gasteiger charge is 2.42. The van der Waals surface area contributed by atoms with E-state index in [0.717, 1.165) is 47.6 Å². The van der Waals surface area contributed by atoms with Crippen LogP contribution in [0.15, 0.2) is 48.8 Å². The molecule has 4 aromatic rings. The standard InChI is InChI=1S/C23H24N5O2/c1-23(22-25-16-14-20(29-2)21(30-3)15-17(16)26-22)10-6-12-27(23)18-8-4-5-9-19(18)28-13-7-11-24-28/h4-5,7-8,11,13-15H,6,10,12H2,1-3H3,(H,25,26)/t23-/m0/s1. The smallest absolute Gasteiger partial charge is 0.163 e. The van der Waals surface area contributed by atoms with Crippen molar-refractivity contribution in [3.63, 3.8) is 0 Å². The van der Waals surface area contributed by atoms with Crippen LogP contribution in [0.5, 0.6) is 11.5 Å². The van der Waals surface area contributed by atoms with Crippen molar-refractivity contribution in [2.24, 2.45) is 0 Å². The summed E-state index contributed by atoms with van der Waals surface area (Å²) >= 11 is 0. The lowest BCUT2D eigenvalue weighted by atomic mass is 9.97. The zero-order chi connectivity index (χ0) is 20.7. The topological polar surface area (TPSA) is 68.2 Å². The molecule has 1 saturated heterocycles. The molecule has 1 aliphatic rings. The molecule has 0 unspecified atom stereocenters. The number of rotatable bonds is 5. The lowest BCUT2D eigenvalue weighted by Gasteiger charge is -2.36. The van der Waals surface area contributed by atoms with E-state index in [1.165, 1.54) is 0 Å². The van der Waals surface area contributed by atoms with E-state index in [2.05, 4.69) is 34.0 Å². The van der Waals surface area contributed by atoms with E-state index in [9.17, 15) is 0 Å². The van der Waals surface area contributed by atoms with Crippen molar-refractivity contribution in [2.75, 3.05) is 25.7 Å². The molecule has 7 nitrogen and oxygen atoms in total. The molecule has 1 atom stereocenters. The largest absolute Gasteiger partial charge is 0.493 e. The molecule has 0 spiro atoms. The van der Waals surface area contributed by atoms with Gasteiger partial charge in [-0.2, -0.15) is 5.10 Å². The van der Waals surface area contributed by atoms with Gasteiger partial charge in [0.2, 0.25) is 0 Å². The first-order valence-electron chi connectivity index (χ1n) is 10.0. The number of hydrogen-bond acceptors (Lipinski definition) is 5. The Hall–Kier alpha value is -3.48. The number of ether oxygens (including phenoxy) is 2. The third kappa shape index (κ3) is 2.81. The van der Waals surface area contributed by atoms with Crippen LogP contribution in [0.3, 0.4) is 0 Å². The maximum Gasteiger partial charge on any atom is 0.163 e. The molecule has 5 rings (SSSR count). The number of benzene rings is 2. The summed E-state index contributed by atoms with van der Waals surface area (Å²) in [6, 6.07) is 15.2. The number of fused-ring (bicyclic) bond motifs is 1. The van der Waals surface area contributed by atoms with Gasteiger partial charge in [-0.05, 0) is 31.9 Å². The molecule has 0 amide bonds. The van der Waals surface area contributed by atoms with Crippen LogP contribution < -0.4 is 14.4 Å². The van der Waals surface area contributed by atoms with E-state index < -0.39 is 0 Å². The van der Waals surface area contributed by atoms with Crippen molar-refractivity contribution in [3.05, 3.63) is 60.7 Å². The summed E-state index contributed by atoms with van der Waals surface area (Å²) in [5.74, 6) is 2.29. The van der Waals surface area contributed by atoms with E-state index >= 15 is 0 Å². The minimum absolute atomic E-state index is 0.281. The van der Waals surface area contributed by atoms with Gasteiger partial charge < -0.3 is 19.4 Å². The molecule has 2 aromatic carbocycles. The number of aromatic amines is 1. The molecule has 3 heterocycles. The molecule has 1 aliphatic heterocycles. The van der Waals surface area contributed by atoms with Gasteiger partial charge >= 0.3 is 0 Å². The Kier molecular flexibility index (Phi) is 4.38. The van der Waals surface area contributed by atoms with Gasteiger partial charge in [-0.1, -0.05) is 12.1 Å². The van der Waals surface area contributed by atoms with Crippen LogP contribution in [0.2, 0.25) is 0 Å². The minimum Gasteiger partial charge on any atom is -0.493 e. The van der Waals surface area contributed by atoms with E-state index in [4.69, 9.17) is 14.5 Å². The summed E-state index contributed by atoms with van der Waals surface area (Å²) in [4.78, 5) is 10.9. The quantitative estimate of drug-likeness (QED) is 0.545. The molecule has 2 aromatic heterocycles. The number of H-pyrrole nitrogens is 1. The molecule has 0 bridgehead atoms. The van der Waals surface area contributed by atoms with Gasteiger partial charge in [-0.25, -0.2) is 9.67 Å². The van der Waals surface area contributed by atoms with Crippen molar-refractivity contribution in [1.29, 1.82) is 0 Å². The number of aromatic nitrogens is 4. The molecular weight excluding hydrogens is 378 g/mol. The van der Waals surface area contributed by atoms with Crippen molar-refractivity contribution in [3.8, 4) is 17.2 Å². The molecule has 1 fully saturated rings. The first kappa shape index (κ1) is 18.5. The molecule has 30 heavy (non-hydrogen) atoms. The molecule has 153 valence electrons. The van der Waals surface area contributed by atoms with Crippen LogP contribution >= 0.6 is 0 Å². The normalized spacial score (nSPS) is 18.8. The number of hydrogen-bond donors (Lipinski definition) is 1. The van der Waals surface area contributed by atoms with Crippen LogP contribution in [0, 0.1) is 6.07 Å². The Labute approximate surface area is 175 Å². The summed E-state index contributed by atoms with van der Waals surface area (Å²) in [5.41, 5.74) is 3.55. The zero-order valence-electron chi connectivity index (χ0n) is 17.3. The number of anilines is 1. The van der Waals surface area contributed by atoms with Gasteiger partial charge in [0, 0.05) is 37.1 Å². The lowest BCUT2D eigenvalue weighted by molar-refractivity contribution is 0.356. The van der Waals surface area contributed by atoms with Gasteiger partial charge in [0.05, 0.1) is 42.2 Å². The second-order valence-electron chi connectivity index (χ2n) is 7.69. The van der Waals surface area contributed by atoms with Gasteiger partial charge in [0.15, 0.2) is 11.5 Å². The van der Waals surface area contributed by atoms with Crippen LogP contribution in [-0.2, 0) is 5.54 Å². The third-order valence-corrected chi connectivity index (χ3v) is 5.98. The fraction of sp³-hybridized carbons (Fsp3) is 0.304. The van der Waals surface area contributed by atoms with Crippen LogP contribution in [-0.4, -0.2) is 40.5 Å². The van der Waals surface area contributed by atoms with Crippen LogP contribution in [0.4, 0.5) is 5.69 Å². The first-order valence-corrected chi connectivity index (χ1v) is 10.0. The Morgan fingerprint density at radius 1 is 1.17 bits per heavy atom. The predicted octanol–water partition coefficient (Wildman–Crippen LogP) is 4.08. The van der Waals surface area contributed by atoms with Crippen molar-refractivity contribution in [2.45, 2.75) is 25.3 Å². The molecular formula is C23H24N5O2. The highest BCUT2D eigenvalue weighted by atomic mass is 16.5. The number of nitrogens with zero attached hydrogens (tertiary/aromatic N) is 4. The molecule has 7 heteroatoms. The monoisotopic (exact) mass is 402 g/mol. The van der Waals surface area contributed by atoms with Crippen molar-refractivity contribution < 1.29 is 9.47 Å². The van der Waals surface area contributed by atoms with E-state index in [-0.39, 0.29) is 5.54 Å². The average molecular weight is 402 g/mol. The van der Waals surface area contributed by atoms with Crippen LogP contribution in [0.1, 0.15) is 25.6 Å². The summed E-state index contributed by atoms with van der Waals surface area (Å²) in [7, 11) is 3.28. The Bertz CT molecular complexity index is 1140. The highest BCUT2D eigenvalue weighted by Crippen LogP contribution is 2.43. The molecule has 0 aliphatic carbocycles. The van der Waals surface area contributed by atoms with Gasteiger partial charge in [-0.3, -0.25) is 0 Å². The summed E-state index contributed by atoms with van der Waals surface area (Å²) in [6.07, 6.45) is 5.80. The fourth-order valence-electron chi connectivity index (χ4n) is 4.41. The third-order valence-electron chi connectivity index (χ3n) is 5.98. The Balaban J connectivity index is 1.61. The maximum absolute atomic E-state index is 5.45. The first-order chi connectivity index (χ1) is 14.6. The van der Waals surface area contributed by atoms with Gasteiger partial charge in [0.25, 0.3) is 0 Å². The summed E-state index contributed by atoms with van der Waals surface area (Å²) < 4.78 is 12.8. The number of methoxy groups -OCH3 is 2. The lowest BCUT2D eigenvalue weighted by Crippen LogP contribution is -2.40. The maximum atomic E-state index is 5.45. The molecule has 1 radical (unpaired) electrons. The minimum atomic E-state index is -0.281. The van der Waals surface area contributed by atoms with Crippen molar-refractivity contribution >= 4 is 16.7 Å². The zero-order valence-corrected chi connectivity index (χ0v) is 17.3. The predicted molar refractivity (Wildman–Crippen MR) is 116 cm³/mol. The van der Waals surface area contributed by atoms with E-state index in [1.54, 1.807) is 20.4 Å². The second kappa shape index (κ2) is 7.09. The van der Waals surface area contributed by atoms with Gasteiger partial charge in [-0.15, -0.1) is 0 Å². The summed E-state index contributed by atoms with van der Waals surface area (Å²) in [6.45, 7) is 3.18. The van der Waals surface area contributed by atoms with Gasteiger partial charge in [0.1, 0.15) is 5.82 Å². The number of imidazole rings is 1. The van der Waals surface area contributed by atoms with Crippen LogP contribution in [0.25, 0.3) is 16.7 Å². The van der Waals surface area contributed by atoms with Crippen molar-refractivity contribution in [1.82, 2.24) is 19.7 Å². The molecule has 1 N–H and O–H groups in total. The fourth-order valence-corrected chi connectivity index (χ4v) is 4.41. The van der Waals surface area contributed by atoms with E-state index in [1.807, 2.05) is 41.2 Å². The van der Waals surface area contributed by atoms with E-state index in [0.29, 0.717) is 11.5 Å². The number of nitrogens with one attached hydrogen (secondary N) is 1. The molecule has 0 saturated carbocycles. The SMILES string of the molecule is COc1cc2nc([C@]3(C)CCCN3c3ccc[c]c3-n3cccn3)[nH]c2cc1OC. The summed E-state index contributed by atoms with van der Waals surface area (Å²) in [5, 5.41) is 4.42. The number of para-hydroxylation sites is 1.